The first kappa shape index (κ1) is 31.6. The second-order valence-corrected chi connectivity index (χ2v) is 10.9. The van der Waals surface area contributed by atoms with E-state index >= 15 is 0 Å². The first-order chi connectivity index (χ1) is 18.5. The molecule has 0 radical (unpaired) electrons. The number of benzene rings is 2. The van der Waals surface area contributed by atoms with Crippen LogP contribution in [0.25, 0.3) is 0 Å². The van der Waals surface area contributed by atoms with E-state index in [0.717, 1.165) is 10.5 Å². The van der Waals surface area contributed by atoms with Crippen molar-refractivity contribution in [3.63, 3.8) is 0 Å². The van der Waals surface area contributed by atoms with E-state index in [9.17, 15) is 27.8 Å². The normalized spacial score (nSPS) is 12.4. The van der Waals surface area contributed by atoms with Crippen LogP contribution in [0.2, 0.25) is 0 Å². The largest absolute Gasteiger partial charge is 0.465 e. The van der Waals surface area contributed by atoms with E-state index in [4.69, 9.17) is 4.74 Å². The SMILES string of the molecule is CCOC(=O)CN(C(=O)C[S@](=O)CC(=O)Nc1ccc(C)cc1)[C@@H](CC(C)C)C(=O)NCc1ccc(F)cc1. The molecule has 0 aromatic heterocycles. The van der Waals surface area contributed by atoms with Crippen molar-refractivity contribution in [2.24, 2.45) is 5.92 Å². The summed E-state index contributed by atoms with van der Waals surface area (Å²) in [6, 6.07) is 11.6. The van der Waals surface area contributed by atoms with E-state index in [2.05, 4.69) is 10.6 Å². The number of hydrogen-bond donors (Lipinski definition) is 2. The number of aryl methyl sites for hydroxylation is 1. The van der Waals surface area contributed by atoms with Gasteiger partial charge in [0, 0.05) is 23.0 Å². The maximum atomic E-state index is 13.3. The molecule has 11 heteroatoms. The molecule has 0 bridgehead atoms. The van der Waals surface area contributed by atoms with Gasteiger partial charge in [-0.2, -0.15) is 0 Å². The topological polar surface area (TPSA) is 122 Å². The average molecular weight is 562 g/mol. The minimum absolute atomic E-state index is 0.0325. The number of anilines is 1. The number of rotatable bonds is 14. The zero-order valence-electron chi connectivity index (χ0n) is 22.7. The number of amides is 3. The van der Waals surface area contributed by atoms with Gasteiger partial charge in [-0.3, -0.25) is 23.4 Å². The van der Waals surface area contributed by atoms with Crippen LogP contribution < -0.4 is 10.6 Å². The molecule has 3 amide bonds. The Bertz CT molecular complexity index is 1150. The van der Waals surface area contributed by atoms with Crippen molar-refractivity contribution >= 4 is 40.2 Å². The van der Waals surface area contributed by atoms with Crippen LogP contribution in [0.5, 0.6) is 0 Å². The summed E-state index contributed by atoms with van der Waals surface area (Å²) in [5, 5.41) is 5.37. The highest BCUT2D eigenvalue weighted by atomic mass is 32.2. The summed E-state index contributed by atoms with van der Waals surface area (Å²) in [6.45, 7) is 6.90. The lowest BCUT2D eigenvalue weighted by molar-refractivity contribution is -0.151. The number of carbonyl (C=O) groups is 4. The standard InChI is InChI=1S/C28H36FN3O6S/c1-5-38-27(35)16-32(24(14-19(2)3)28(36)30-15-21-8-10-22(29)11-9-21)26(34)18-39(37)17-25(33)31-23-12-6-20(4)7-13-23/h6-13,19,24H,5,14-18H2,1-4H3,(H,30,36)(H,31,33)/t24-,39+/m0/s1. The molecule has 0 unspecified atom stereocenters. The van der Waals surface area contributed by atoms with Gasteiger partial charge in [-0.05, 0) is 56.0 Å². The summed E-state index contributed by atoms with van der Waals surface area (Å²) >= 11 is 0. The van der Waals surface area contributed by atoms with E-state index in [1.807, 2.05) is 32.9 Å². The molecule has 0 fully saturated rings. The second-order valence-electron chi connectivity index (χ2n) is 9.46. The van der Waals surface area contributed by atoms with Crippen LogP contribution in [0.15, 0.2) is 48.5 Å². The lowest BCUT2D eigenvalue weighted by atomic mass is 10.0. The van der Waals surface area contributed by atoms with Crippen LogP contribution in [0.1, 0.15) is 38.3 Å². The fourth-order valence-electron chi connectivity index (χ4n) is 3.70. The van der Waals surface area contributed by atoms with Crippen LogP contribution in [0.3, 0.4) is 0 Å². The predicted molar refractivity (Wildman–Crippen MR) is 148 cm³/mol. The Morgan fingerprint density at radius 1 is 1.00 bits per heavy atom. The molecule has 39 heavy (non-hydrogen) atoms. The Morgan fingerprint density at radius 3 is 2.23 bits per heavy atom. The van der Waals surface area contributed by atoms with E-state index in [0.29, 0.717) is 11.3 Å². The van der Waals surface area contributed by atoms with Gasteiger partial charge in [-0.25, -0.2) is 4.39 Å². The van der Waals surface area contributed by atoms with Gasteiger partial charge in [-0.15, -0.1) is 0 Å². The number of hydrogen-bond acceptors (Lipinski definition) is 6. The number of halogens is 1. The van der Waals surface area contributed by atoms with Gasteiger partial charge in [0.25, 0.3) is 0 Å². The van der Waals surface area contributed by atoms with Crippen LogP contribution in [-0.4, -0.2) is 63.5 Å². The van der Waals surface area contributed by atoms with Crippen molar-refractivity contribution in [3.8, 4) is 0 Å². The van der Waals surface area contributed by atoms with E-state index in [-0.39, 0.29) is 25.5 Å². The highest BCUT2D eigenvalue weighted by molar-refractivity contribution is 7.86. The maximum Gasteiger partial charge on any atom is 0.325 e. The molecule has 2 N–H and O–H groups in total. The number of nitrogens with one attached hydrogen (secondary N) is 2. The lowest BCUT2D eigenvalue weighted by Gasteiger charge is -2.31. The molecule has 2 rings (SSSR count). The number of carbonyl (C=O) groups excluding carboxylic acids is 4. The van der Waals surface area contributed by atoms with Gasteiger partial charge in [0.2, 0.25) is 17.7 Å². The molecular formula is C28H36FN3O6S. The van der Waals surface area contributed by atoms with Crippen LogP contribution in [0, 0.1) is 18.7 Å². The number of esters is 1. The molecule has 0 spiro atoms. The molecule has 2 atom stereocenters. The summed E-state index contributed by atoms with van der Waals surface area (Å²) in [4.78, 5) is 52.3. The van der Waals surface area contributed by atoms with Gasteiger partial charge in [0.05, 0.1) is 6.61 Å². The van der Waals surface area contributed by atoms with Crippen molar-refractivity contribution in [2.75, 3.05) is 30.0 Å². The smallest absolute Gasteiger partial charge is 0.325 e. The fourth-order valence-corrected chi connectivity index (χ4v) is 4.61. The molecule has 212 valence electrons. The summed E-state index contributed by atoms with van der Waals surface area (Å²) in [6.07, 6.45) is 0.223. The molecule has 0 aliphatic rings. The Balaban J connectivity index is 2.14. The van der Waals surface area contributed by atoms with Crippen LogP contribution >= 0.6 is 0 Å². The van der Waals surface area contributed by atoms with Gasteiger partial charge >= 0.3 is 5.97 Å². The highest BCUT2D eigenvalue weighted by Crippen LogP contribution is 2.15. The summed E-state index contributed by atoms with van der Waals surface area (Å²) in [7, 11) is -1.90. The van der Waals surface area contributed by atoms with E-state index < -0.39 is 64.4 Å². The van der Waals surface area contributed by atoms with Gasteiger partial charge in [0.15, 0.2) is 0 Å². The average Bonchev–Trinajstić information content (AvgIpc) is 2.86. The summed E-state index contributed by atoms with van der Waals surface area (Å²) in [5.41, 5.74) is 2.20. The van der Waals surface area contributed by atoms with Crippen molar-refractivity contribution in [2.45, 2.75) is 46.7 Å². The predicted octanol–water partition coefficient (Wildman–Crippen LogP) is 2.94. The van der Waals surface area contributed by atoms with Crippen molar-refractivity contribution in [3.05, 3.63) is 65.5 Å². The van der Waals surface area contributed by atoms with Gasteiger partial charge in [0.1, 0.15) is 29.9 Å². The molecule has 0 saturated heterocycles. The molecule has 0 heterocycles. The molecule has 2 aromatic rings. The quantitative estimate of drug-likeness (QED) is 0.342. The monoisotopic (exact) mass is 561 g/mol. The Morgan fingerprint density at radius 2 is 1.64 bits per heavy atom. The van der Waals surface area contributed by atoms with Gasteiger partial charge in [-0.1, -0.05) is 43.7 Å². The zero-order chi connectivity index (χ0) is 28.9. The zero-order valence-corrected chi connectivity index (χ0v) is 23.5. The molecule has 0 aliphatic carbocycles. The third-order valence-electron chi connectivity index (χ3n) is 5.59. The Hall–Kier alpha value is -3.60. The summed E-state index contributed by atoms with van der Waals surface area (Å²) in [5.74, 6) is -3.91. The first-order valence-corrected chi connectivity index (χ1v) is 14.2. The summed E-state index contributed by atoms with van der Waals surface area (Å²) < 4.78 is 31.0. The van der Waals surface area contributed by atoms with Crippen molar-refractivity contribution in [1.29, 1.82) is 0 Å². The van der Waals surface area contributed by atoms with Crippen molar-refractivity contribution < 1.29 is 32.5 Å². The number of ether oxygens (including phenoxy) is 1. The first-order valence-electron chi connectivity index (χ1n) is 12.7. The maximum absolute atomic E-state index is 13.3. The Labute approximate surface area is 230 Å². The fraction of sp³-hybridized carbons (Fsp3) is 0.429. The molecule has 0 aliphatic heterocycles. The molecule has 0 saturated carbocycles. The van der Waals surface area contributed by atoms with Gasteiger partial charge < -0.3 is 20.3 Å². The number of nitrogens with zero attached hydrogens (tertiary/aromatic N) is 1. The third-order valence-corrected chi connectivity index (χ3v) is 6.74. The molecular weight excluding hydrogens is 525 g/mol. The van der Waals surface area contributed by atoms with E-state index in [1.165, 1.54) is 24.3 Å². The highest BCUT2D eigenvalue weighted by Gasteiger charge is 2.33. The minimum Gasteiger partial charge on any atom is -0.465 e. The molecule has 2 aromatic carbocycles. The van der Waals surface area contributed by atoms with E-state index in [1.54, 1.807) is 19.1 Å². The second kappa shape index (κ2) is 15.7. The minimum atomic E-state index is -1.90. The molecule has 9 nitrogen and oxygen atoms in total. The lowest BCUT2D eigenvalue weighted by Crippen LogP contribution is -2.53. The van der Waals surface area contributed by atoms with Crippen molar-refractivity contribution in [1.82, 2.24) is 10.2 Å². The van der Waals surface area contributed by atoms with Crippen LogP contribution in [0.4, 0.5) is 10.1 Å². The van der Waals surface area contributed by atoms with Crippen LogP contribution in [-0.2, 0) is 41.3 Å². The third kappa shape index (κ3) is 11.4. The Kier molecular flexibility index (Phi) is 12.7.